The van der Waals surface area contributed by atoms with Crippen LogP contribution in [0.5, 0.6) is 11.5 Å². The number of isocyanates is 1. The maximum absolute atomic E-state index is 10.7. The van der Waals surface area contributed by atoms with Gasteiger partial charge in [-0.25, -0.2) is 4.79 Å². The quantitative estimate of drug-likeness (QED) is 0.484. The largest absolute Gasteiger partial charge is 0.486 e. The van der Waals surface area contributed by atoms with Crippen molar-refractivity contribution in [3.8, 4) is 11.5 Å². The maximum Gasteiger partial charge on any atom is 0.235 e. The van der Waals surface area contributed by atoms with E-state index in [0.29, 0.717) is 13.2 Å². The lowest BCUT2D eigenvalue weighted by Crippen LogP contribution is -2.32. The van der Waals surface area contributed by atoms with Crippen molar-refractivity contribution in [1.82, 2.24) is 0 Å². The smallest absolute Gasteiger partial charge is 0.235 e. The predicted molar refractivity (Wildman–Crippen MR) is 72.9 cm³/mol. The third-order valence-electron chi connectivity index (χ3n) is 3.81. The molecule has 1 aliphatic carbocycles. The molecular formula is C14H15NO3S. The van der Waals surface area contributed by atoms with E-state index in [-0.39, 0.29) is 0 Å². The van der Waals surface area contributed by atoms with E-state index in [0.717, 1.165) is 41.2 Å². The first-order valence-corrected chi connectivity index (χ1v) is 7.59. The van der Waals surface area contributed by atoms with E-state index in [1.54, 1.807) is 17.8 Å². The number of nitrogens with zero attached hydrogens (tertiary/aromatic N) is 1. The molecule has 0 radical (unpaired) electrons. The third kappa shape index (κ3) is 2.03. The SMILES string of the molecule is CSc1cc2c(cc1C1(N=C=O)CCC1)OCCO2. The van der Waals surface area contributed by atoms with E-state index in [4.69, 9.17) is 9.47 Å². The Kier molecular flexibility index (Phi) is 3.25. The minimum atomic E-state index is -0.393. The van der Waals surface area contributed by atoms with Crippen LogP contribution < -0.4 is 9.47 Å². The minimum absolute atomic E-state index is 0.393. The van der Waals surface area contributed by atoms with Crippen LogP contribution in [0.1, 0.15) is 24.8 Å². The number of carbonyl (C=O) groups excluding carboxylic acids is 1. The second-order valence-corrected chi connectivity index (χ2v) is 5.63. The summed E-state index contributed by atoms with van der Waals surface area (Å²) < 4.78 is 11.2. The summed E-state index contributed by atoms with van der Waals surface area (Å²) in [4.78, 5) is 15.9. The number of thioether (sulfide) groups is 1. The lowest BCUT2D eigenvalue weighted by atomic mass is 9.72. The van der Waals surface area contributed by atoms with E-state index in [1.165, 1.54) is 0 Å². The summed E-state index contributed by atoms with van der Waals surface area (Å²) in [6, 6.07) is 3.98. The second-order valence-electron chi connectivity index (χ2n) is 4.78. The summed E-state index contributed by atoms with van der Waals surface area (Å²) in [5.41, 5.74) is 0.675. The van der Waals surface area contributed by atoms with Crippen LogP contribution in [-0.4, -0.2) is 25.5 Å². The van der Waals surface area contributed by atoms with Crippen LogP contribution in [0.15, 0.2) is 22.0 Å². The number of hydrogen-bond acceptors (Lipinski definition) is 5. The molecule has 0 atom stereocenters. The number of ether oxygens (including phenoxy) is 2. The van der Waals surface area contributed by atoms with Gasteiger partial charge in [0.15, 0.2) is 11.5 Å². The molecule has 0 unspecified atom stereocenters. The van der Waals surface area contributed by atoms with Gasteiger partial charge in [0.25, 0.3) is 0 Å². The fourth-order valence-electron chi connectivity index (χ4n) is 2.64. The fourth-order valence-corrected chi connectivity index (χ4v) is 3.34. The lowest BCUT2D eigenvalue weighted by Gasteiger charge is -2.38. The Morgan fingerprint density at radius 2 is 1.95 bits per heavy atom. The van der Waals surface area contributed by atoms with E-state index >= 15 is 0 Å². The summed E-state index contributed by atoms with van der Waals surface area (Å²) in [5.74, 6) is 1.54. The van der Waals surface area contributed by atoms with Crippen LogP contribution >= 0.6 is 11.8 Å². The Morgan fingerprint density at radius 1 is 1.26 bits per heavy atom. The highest BCUT2D eigenvalue weighted by atomic mass is 32.2. The molecule has 1 fully saturated rings. The average molecular weight is 277 g/mol. The molecule has 1 aliphatic heterocycles. The Labute approximate surface area is 116 Å². The van der Waals surface area contributed by atoms with Crippen molar-refractivity contribution in [1.29, 1.82) is 0 Å². The number of fused-ring (bicyclic) bond motifs is 1. The topological polar surface area (TPSA) is 47.9 Å². The molecule has 2 aliphatic rings. The average Bonchev–Trinajstić information content (AvgIpc) is 2.41. The number of rotatable bonds is 3. The van der Waals surface area contributed by atoms with Crippen molar-refractivity contribution in [3.63, 3.8) is 0 Å². The normalized spacial score (nSPS) is 19.2. The lowest BCUT2D eigenvalue weighted by molar-refractivity contribution is 0.169. The van der Waals surface area contributed by atoms with Crippen molar-refractivity contribution in [2.45, 2.75) is 29.7 Å². The minimum Gasteiger partial charge on any atom is -0.486 e. The van der Waals surface area contributed by atoms with Crippen LogP contribution in [0.25, 0.3) is 0 Å². The second kappa shape index (κ2) is 4.91. The molecule has 0 saturated heterocycles. The standard InChI is InChI=1S/C14H15NO3S/c1-19-13-8-12-11(17-5-6-18-12)7-10(13)14(15-9-16)3-2-4-14/h7-8H,2-6H2,1H3. The molecule has 5 heteroatoms. The Hall–Kier alpha value is -1.45. The molecule has 0 amide bonds. The van der Waals surface area contributed by atoms with Gasteiger partial charge in [-0.15, -0.1) is 11.8 Å². The maximum atomic E-state index is 10.7. The van der Waals surface area contributed by atoms with Gasteiger partial charge in [-0.1, -0.05) is 0 Å². The van der Waals surface area contributed by atoms with Crippen LogP contribution in [0.4, 0.5) is 0 Å². The summed E-state index contributed by atoms with van der Waals surface area (Å²) in [6.07, 6.45) is 6.64. The zero-order chi connectivity index (χ0) is 13.3. The highest BCUT2D eigenvalue weighted by Crippen LogP contribution is 2.50. The molecule has 1 saturated carbocycles. The van der Waals surface area contributed by atoms with Gasteiger partial charge in [0.2, 0.25) is 6.08 Å². The summed E-state index contributed by atoms with van der Waals surface area (Å²) in [5, 5.41) is 0. The third-order valence-corrected chi connectivity index (χ3v) is 4.58. The van der Waals surface area contributed by atoms with E-state index in [9.17, 15) is 4.79 Å². The highest BCUT2D eigenvalue weighted by molar-refractivity contribution is 7.98. The molecule has 0 aromatic heterocycles. The van der Waals surface area contributed by atoms with Gasteiger partial charge in [-0.3, -0.25) is 0 Å². The molecule has 1 aromatic carbocycles. The molecule has 0 N–H and O–H groups in total. The van der Waals surface area contributed by atoms with Gasteiger partial charge in [0.1, 0.15) is 13.2 Å². The van der Waals surface area contributed by atoms with Crippen LogP contribution in [0.3, 0.4) is 0 Å². The zero-order valence-corrected chi connectivity index (χ0v) is 11.6. The molecular weight excluding hydrogens is 262 g/mol. The molecule has 1 aromatic rings. The first-order valence-electron chi connectivity index (χ1n) is 6.36. The molecule has 19 heavy (non-hydrogen) atoms. The van der Waals surface area contributed by atoms with Crippen molar-refractivity contribution >= 4 is 17.8 Å². The molecule has 0 spiro atoms. The highest BCUT2D eigenvalue weighted by Gasteiger charge is 2.41. The number of hydrogen-bond donors (Lipinski definition) is 0. The van der Waals surface area contributed by atoms with Gasteiger partial charge in [0, 0.05) is 4.90 Å². The fraction of sp³-hybridized carbons (Fsp3) is 0.500. The van der Waals surface area contributed by atoms with Gasteiger partial charge < -0.3 is 9.47 Å². The summed E-state index contributed by atoms with van der Waals surface area (Å²) >= 11 is 1.64. The van der Waals surface area contributed by atoms with E-state index in [1.807, 2.05) is 18.4 Å². The van der Waals surface area contributed by atoms with Gasteiger partial charge in [-0.05, 0) is 43.2 Å². The Balaban J connectivity index is 2.11. The van der Waals surface area contributed by atoms with E-state index < -0.39 is 5.54 Å². The van der Waals surface area contributed by atoms with Crippen molar-refractivity contribution in [3.05, 3.63) is 17.7 Å². The van der Waals surface area contributed by atoms with Crippen molar-refractivity contribution in [2.75, 3.05) is 19.5 Å². The summed E-state index contributed by atoms with van der Waals surface area (Å²) in [7, 11) is 0. The first-order chi connectivity index (χ1) is 9.29. The molecule has 100 valence electrons. The van der Waals surface area contributed by atoms with E-state index in [2.05, 4.69) is 4.99 Å². The molecule has 1 heterocycles. The Bertz CT molecular complexity index is 548. The van der Waals surface area contributed by atoms with Crippen LogP contribution in [0, 0.1) is 0 Å². The van der Waals surface area contributed by atoms with Crippen LogP contribution in [-0.2, 0) is 10.3 Å². The molecule has 0 bridgehead atoms. The Morgan fingerprint density at radius 3 is 2.47 bits per heavy atom. The monoisotopic (exact) mass is 277 g/mol. The van der Waals surface area contributed by atoms with Crippen molar-refractivity contribution < 1.29 is 14.3 Å². The molecule has 3 rings (SSSR count). The number of benzene rings is 1. The molecule has 4 nitrogen and oxygen atoms in total. The van der Waals surface area contributed by atoms with Gasteiger partial charge in [0.05, 0.1) is 5.54 Å². The van der Waals surface area contributed by atoms with Crippen molar-refractivity contribution in [2.24, 2.45) is 4.99 Å². The van der Waals surface area contributed by atoms with Crippen LogP contribution in [0.2, 0.25) is 0 Å². The van der Waals surface area contributed by atoms with Gasteiger partial charge in [-0.2, -0.15) is 4.99 Å². The number of aliphatic imine (C=N–C) groups is 1. The summed E-state index contributed by atoms with van der Waals surface area (Å²) in [6.45, 7) is 1.15. The van der Waals surface area contributed by atoms with Gasteiger partial charge >= 0.3 is 0 Å². The first kappa shape index (κ1) is 12.6. The zero-order valence-electron chi connectivity index (χ0n) is 10.8. The predicted octanol–water partition coefficient (Wildman–Crippen LogP) is 2.89.